The lowest BCUT2D eigenvalue weighted by Crippen LogP contribution is -2.21. The van der Waals surface area contributed by atoms with Gasteiger partial charge in [0.15, 0.2) is 0 Å². The van der Waals surface area contributed by atoms with Crippen LogP contribution in [0.3, 0.4) is 0 Å². The molecule has 0 fully saturated rings. The van der Waals surface area contributed by atoms with Crippen LogP contribution in [0.1, 0.15) is 29.0 Å². The number of benzene rings is 1. The summed E-state index contributed by atoms with van der Waals surface area (Å²) in [6, 6.07) is 11.1. The molecule has 17 heavy (non-hydrogen) atoms. The maximum atomic E-state index is 3.65. The molecule has 1 atom stereocenters. The van der Waals surface area contributed by atoms with Gasteiger partial charge in [0.25, 0.3) is 0 Å². The second kappa shape index (κ2) is 5.80. The highest BCUT2D eigenvalue weighted by Gasteiger charge is 2.16. The van der Waals surface area contributed by atoms with Crippen LogP contribution in [-0.4, -0.2) is 6.54 Å². The smallest absolute Gasteiger partial charge is 0.0682 e. The first-order valence-electron chi connectivity index (χ1n) is 5.75. The molecule has 1 aromatic heterocycles. The number of hydrogen-bond donors (Lipinski definition) is 1. The lowest BCUT2D eigenvalue weighted by molar-refractivity contribution is 0.637. The molecule has 2 rings (SSSR count). The van der Waals surface area contributed by atoms with Crippen molar-refractivity contribution in [1.82, 2.24) is 5.32 Å². The minimum atomic E-state index is 0.286. The number of halogens is 1. The summed E-state index contributed by atoms with van der Waals surface area (Å²) in [5.41, 5.74) is 2.61. The van der Waals surface area contributed by atoms with Crippen LogP contribution in [0, 0.1) is 6.92 Å². The maximum absolute atomic E-state index is 3.65. The van der Waals surface area contributed by atoms with Gasteiger partial charge in [0.1, 0.15) is 0 Å². The lowest BCUT2D eigenvalue weighted by atomic mass is 10.0. The van der Waals surface area contributed by atoms with Gasteiger partial charge in [0.2, 0.25) is 0 Å². The number of nitrogens with one attached hydrogen (secondary N) is 1. The Morgan fingerprint density at radius 3 is 2.82 bits per heavy atom. The molecule has 1 nitrogen and oxygen atoms in total. The molecule has 0 aliphatic carbocycles. The monoisotopic (exact) mass is 309 g/mol. The minimum absolute atomic E-state index is 0.286. The second-order valence-corrected chi connectivity index (χ2v) is 5.86. The van der Waals surface area contributed by atoms with Gasteiger partial charge in [-0.05, 0) is 36.5 Å². The fourth-order valence-corrected chi connectivity index (χ4v) is 3.20. The van der Waals surface area contributed by atoms with Crippen molar-refractivity contribution in [2.75, 3.05) is 6.54 Å². The van der Waals surface area contributed by atoms with E-state index < -0.39 is 0 Å². The average molecular weight is 310 g/mol. The molecular formula is C14H16BrNS. The Morgan fingerprint density at radius 1 is 1.35 bits per heavy atom. The first-order valence-corrected chi connectivity index (χ1v) is 7.42. The summed E-state index contributed by atoms with van der Waals surface area (Å²) in [6.45, 7) is 5.24. The highest BCUT2D eigenvalue weighted by molar-refractivity contribution is 9.10. The molecule has 2 aromatic rings. The Hall–Kier alpha value is -0.640. The Balaban J connectivity index is 2.42. The summed E-state index contributed by atoms with van der Waals surface area (Å²) in [5, 5.41) is 5.68. The van der Waals surface area contributed by atoms with E-state index >= 15 is 0 Å². The third-order valence-electron chi connectivity index (χ3n) is 2.70. The molecule has 0 saturated heterocycles. The molecule has 0 aliphatic rings. The van der Waals surface area contributed by atoms with Crippen molar-refractivity contribution < 1.29 is 0 Å². The average Bonchev–Trinajstić information content (AvgIpc) is 2.83. The largest absolute Gasteiger partial charge is 0.306 e. The zero-order valence-corrected chi connectivity index (χ0v) is 12.4. The van der Waals surface area contributed by atoms with Crippen molar-refractivity contribution in [3.8, 4) is 0 Å². The molecule has 1 unspecified atom stereocenters. The molecule has 0 radical (unpaired) electrons. The molecule has 1 heterocycles. The van der Waals surface area contributed by atoms with Crippen molar-refractivity contribution in [2.45, 2.75) is 19.9 Å². The zero-order chi connectivity index (χ0) is 12.3. The lowest BCUT2D eigenvalue weighted by Gasteiger charge is -2.19. The molecule has 3 heteroatoms. The molecule has 0 saturated carbocycles. The van der Waals surface area contributed by atoms with Gasteiger partial charge in [-0.1, -0.05) is 46.6 Å². The molecular weight excluding hydrogens is 294 g/mol. The molecule has 0 amide bonds. The molecule has 0 aliphatic heterocycles. The van der Waals surface area contributed by atoms with Crippen molar-refractivity contribution in [2.24, 2.45) is 0 Å². The van der Waals surface area contributed by atoms with E-state index in [2.05, 4.69) is 70.8 Å². The van der Waals surface area contributed by atoms with Crippen LogP contribution in [0.2, 0.25) is 0 Å². The van der Waals surface area contributed by atoms with E-state index in [0.717, 1.165) is 6.54 Å². The summed E-state index contributed by atoms with van der Waals surface area (Å²) >= 11 is 5.45. The van der Waals surface area contributed by atoms with Crippen LogP contribution in [-0.2, 0) is 0 Å². The summed E-state index contributed by atoms with van der Waals surface area (Å²) < 4.78 is 1.17. The van der Waals surface area contributed by atoms with Crippen LogP contribution >= 0.6 is 27.3 Å². The standard InChI is InChI=1S/C14H16BrNS/c1-3-16-14(13-5-4-8-17-13)11-9-10(2)6-7-12(11)15/h4-9,14,16H,3H2,1-2H3. The van der Waals surface area contributed by atoms with E-state index in [4.69, 9.17) is 0 Å². The van der Waals surface area contributed by atoms with Gasteiger partial charge in [-0.25, -0.2) is 0 Å². The highest BCUT2D eigenvalue weighted by atomic mass is 79.9. The SMILES string of the molecule is CCNC(c1cccs1)c1cc(C)ccc1Br. The molecule has 0 bridgehead atoms. The number of rotatable bonds is 4. The van der Waals surface area contributed by atoms with E-state index in [-0.39, 0.29) is 6.04 Å². The van der Waals surface area contributed by atoms with E-state index in [9.17, 15) is 0 Å². The predicted molar refractivity (Wildman–Crippen MR) is 78.7 cm³/mol. The summed E-state index contributed by atoms with van der Waals surface area (Å²) in [6.07, 6.45) is 0. The van der Waals surface area contributed by atoms with Crippen LogP contribution in [0.4, 0.5) is 0 Å². The fraction of sp³-hybridized carbons (Fsp3) is 0.286. The van der Waals surface area contributed by atoms with Crippen LogP contribution in [0.15, 0.2) is 40.2 Å². The molecule has 1 N–H and O–H groups in total. The van der Waals surface area contributed by atoms with E-state index in [1.807, 2.05) is 0 Å². The van der Waals surface area contributed by atoms with Gasteiger partial charge in [0.05, 0.1) is 6.04 Å². The van der Waals surface area contributed by atoms with Crippen LogP contribution in [0.5, 0.6) is 0 Å². The van der Waals surface area contributed by atoms with Crippen molar-refractivity contribution in [3.05, 3.63) is 56.2 Å². The van der Waals surface area contributed by atoms with Crippen LogP contribution < -0.4 is 5.32 Å². The summed E-state index contributed by atoms with van der Waals surface area (Å²) in [4.78, 5) is 1.36. The van der Waals surface area contributed by atoms with Crippen LogP contribution in [0.25, 0.3) is 0 Å². The fourth-order valence-electron chi connectivity index (χ4n) is 1.91. The van der Waals surface area contributed by atoms with Gasteiger partial charge in [-0.3, -0.25) is 0 Å². The number of thiophene rings is 1. The van der Waals surface area contributed by atoms with Crippen molar-refractivity contribution >= 4 is 27.3 Å². The first-order chi connectivity index (χ1) is 8.22. The normalized spacial score (nSPS) is 12.6. The quantitative estimate of drug-likeness (QED) is 0.875. The first kappa shape index (κ1) is 12.8. The zero-order valence-electron chi connectivity index (χ0n) is 10.0. The molecule has 90 valence electrons. The van der Waals surface area contributed by atoms with Gasteiger partial charge in [0, 0.05) is 9.35 Å². The highest BCUT2D eigenvalue weighted by Crippen LogP contribution is 2.31. The van der Waals surface area contributed by atoms with Crippen molar-refractivity contribution in [3.63, 3.8) is 0 Å². The van der Waals surface area contributed by atoms with Gasteiger partial charge < -0.3 is 5.32 Å². The Labute approximate surface area is 115 Å². The topological polar surface area (TPSA) is 12.0 Å². The van der Waals surface area contributed by atoms with E-state index in [1.165, 1.54) is 20.5 Å². The second-order valence-electron chi connectivity index (χ2n) is 4.03. The Morgan fingerprint density at radius 2 is 2.18 bits per heavy atom. The Bertz CT molecular complexity index is 479. The third-order valence-corrected chi connectivity index (χ3v) is 4.36. The van der Waals surface area contributed by atoms with Gasteiger partial charge >= 0.3 is 0 Å². The Kier molecular flexibility index (Phi) is 4.37. The minimum Gasteiger partial charge on any atom is -0.306 e. The van der Waals surface area contributed by atoms with Gasteiger partial charge in [-0.15, -0.1) is 11.3 Å². The van der Waals surface area contributed by atoms with E-state index in [0.29, 0.717) is 0 Å². The molecule has 1 aromatic carbocycles. The molecule has 0 spiro atoms. The predicted octanol–water partition coefficient (Wildman–Crippen LogP) is 4.52. The van der Waals surface area contributed by atoms with Gasteiger partial charge in [-0.2, -0.15) is 0 Å². The number of aryl methyl sites for hydroxylation is 1. The van der Waals surface area contributed by atoms with E-state index in [1.54, 1.807) is 11.3 Å². The third kappa shape index (κ3) is 2.97. The summed E-state index contributed by atoms with van der Waals surface area (Å²) in [5.74, 6) is 0. The number of hydrogen-bond acceptors (Lipinski definition) is 2. The van der Waals surface area contributed by atoms with Crippen molar-refractivity contribution in [1.29, 1.82) is 0 Å². The maximum Gasteiger partial charge on any atom is 0.0682 e. The summed E-state index contributed by atoms with van der Waals surface area (Å²) in [7, 11) is 0.